The molecule has 1 amide bonds. The molecule has 0 saturated carbocycles. The topological polar surface area (TPSA) is 64.2 Å². The lowest BCUT2D eigenvalue weighted by molar-refractivity contribution is -0.136. The van der Waals surface area contributed by atoms with Crippen LogP contribution in [0.2, 0.25) is 0 Å². The van der Waals surface area contributed by atoms with Crippen molar-refractivity contribution in [3.05, 3.63) is 18.2 Å². The molecule has 0 aromatic carbocycles. The van der Waals surface area contributed by atoms with Crippen molar-refractivity contribution in [2.24, 2.45) is 18.7 Å². The third-order valence-electron chi connectivity index (χ3n) is 3.67. The van der Waals surface area contributed by atoms with Gasteiger partial charge >= 0.3 is 0 Å². The Labute approximate surface area is 108 Å². The van der Waals surface area contributed by atoms with Crippen LogP contribution < -0.4 is 5.73 Å². The zero-order chi connectivity index (χ0) is 13.0. The Balaban J connectivity index is 1.99. The molecule has 1 unspecified atom stereocenters. The van der Waals surface area contributed by atoms with Gasteiger partial charge in [-0.2, -0.15) is 0 Å². The van der Waals surface area contributed by atoms with Gasteiger partial charge in [0.25, 0.3) is 0 Å². The first-order valence-corrected chi connectivity index (χ1v) is 6.66. The van der Waals surface area contributed by atoms with E-state index in [0.717, 1.165) is 31.6 Å². The fraction of sp³-hybridized carbons (Fsp3) is 0.692. The van der Waals surface area contributed by atoms with E-state index >= 15 is 0 Å². The van der Waals surface area contributed by atoms with Gasteiger partial charge in [0.15, 0.2) is 0 Å². The van der Waals surface area contributed by atoms with Crippen LogP contribution in [-0.2, 0) is 18.3 Å². The third kappa shape index (κ3) is 2.90. The first-order valence-electron chi connectivity index (χ1n) is 6.66. The number of imidazole rings is 1. The lowest BCUT2D eigenvalue weighted by atomic mass is 10.00. The van der Waals surface area contributed by atoms with Crippen molar-refractivity contribution >= 4 is 5.91 Å². The van der Waals surface area contributed by atoms with Crippen LogP contribution in [0.15, 0.2) is 12.5 Å². The van der Waals surface area contributed by atoms with E-state index in [0.29, 0.717) is 13.0 Å². The molecule has 5 heteroatoms. The molecule has 1 aromatic rings. The van der Waals surface area contributed by atoms with Gasteiger partial charge in [-0.3, -0.25) is 4.79 Å². The third-order valence-corrected chi connectivity index (χ3v) is 3.67. The number of amides is 1. The standard InChI is InChI=1S/C13H22N4O/c1-16-10-15-9-12(16)7-11(8-14)13(18)17-5-3-2-4-6-17/h9-11H,2-8,14H2,1H3. The normalized spacial score (nSPS) is 17.8. The van der Waals surface area contributed by atoms with Gasteiger partial charge in [0.2, 0.25) is 5.91 Å². The molecule has 0 bridgehead atoms. The Hall–Kier alpha value is -1.36. The van der Waals surface area contributed by atoms with Crippen LogP contribution in [0.1, 0.15) is 25.0 Å². The number of carbonyl (C=O) groups is 1. The maximum absolute atomic E-state index is 12.4. The number of piperidine rings is 1. The summed E-state index contributed by atoms with van der Waals surface area (Å²) < 4.78 is 1.95. The Kier molecular flexibility index (Phi) is 4.36. The SMILES string of the molecule is Cn1cncc1CC(CN)C(=O)N1CCCCC1. The Morgan fingerprint density at radius 2 is 2.17 bits per heavy atom. The summed E-state index contributed by atoms with van der Waals surface area (Å²) in [5, 5.41) is 0. The molecule has 1 fully saturated rings. The molecule has 2 heterocycles. The average Bonchev–Trinajstić information content (AvgIpc) is 2.81. The van der Waals surface area contributed by atoms with Gasteiger partial charge < -0.3 is 15.2 Å². The van der Waals surface area contributed by atoms with Crippen LogP contribution in [-0.4, -0.2) is 40.0 Å². The Morgan fingerprint density at radius 1 is 1.44 bits per heavy atom. The van der Waals surface area contributed by atoms with Gasteiger partial charge in [0.05, 0.1) is 12.2 Å². The number of nitrogens with zero attached hydrogens (tertiary/aromatic N) is 3. The Bertz CT molecular complexity index is 395. The molecule has 1 aromatic heterocycles. The zero-order valence-corrected chi connectivity index (χ0v) is 11.0. The summed E-state index contributed by atoms with van der Waals surface area (Å²) in [5.74, 6) is 0.0944. The second-order valence-electron chi connectivity index (χ2n) is 5.02. The summed E-state index contributed by atoms with van der Waals surface area (Å²) in [6.07, 6.45) is 7.73. The van der Waals surface area contributed by atoms with E-state index in [1.165, 1.54) is 6.42 Å². The monoisotopic (exact) mass is 250 g/mol. The van der Waals surface area contributed by atoms with E-state index in [9.17, 15) is 4.79 Å². The second kappa shape index (κ2) is 6.00. The van der Waals surface area contributed by atoms with Crippen molar-refractivity contribution in [3.63, 3.8) is 0 Å². The number of nitrogens with two attached hydrogens (primary N) is 1. The molecule has 18 heavy (non-hydrogen) atoms. The van der Waals surface area contributed by atoms with Crippen LogP contribution in [0.25, 0.3) is 0 Å². The highest BCUT2D eigenvalue weighted by molar-refractivity contribution is 5.79. The van der Waals surface area contributed by atoms with Crippen molar-refractivity contribution in [2.45, 2.75) is 25.7 Å². The maximum Gasteiger partial charge on any atom is 0.227 e. The molecule has 2 N–H and O–H groups in total. The number of hydrogen-bond acceptors (Lipinski definition) is 3. The van der Waals surface area contributed by atoms with Gasteiger partial charge in [0, 0.05) is 45.0 Å². The largest absolute Gasteiger partial charge is 0.342 e. The van der Waals surface area contributed by atoms with Crippen LogP contribution in [0.3, 0.4) is 0 Å². The summed E-state index contributed by atoms with van der Waals surface area (Å²) in [7, 11) is 1.95. The number of likely N-dealkylation sites (tertiary alicyclic amines) is 1. The number of carbonyl (C=O) groups excluding carboxylic acids is 1. The predicted octanol–water partition coefficient (Wildman–Crippen LogP) is 0.550. The minimum Gasteiger partial charge on any atom is -0.342 e. The highest BCUT2D eigenvalue weighted by Crippen LogP contribution is 2.15. The predicted molar refractivity (Wildman–Crippen MR) is 69.9 cm³/mol. The van der Waals surface area contributed by atoms with Crippen molar-refractivity contribution in [2.75, 3.05) is 19.6 Å². The number of rotatable bonds is 4. The maximum atomic E-state index is 12.4. The molecule has 0 spiro atoms. The zero-order valence-electron chi connectivity index (χ0n) is 11.0. The fourth-order valence-electron chi connectivity index (χ4n) is 2.48. The van der Waals surface area contributed by atoms with Crippen molar-refractivity contribution < 1.29 is 4.79 Å². The van der Waals surface area contributed by atoms with Crippen LogP contribution in [0, 0.1) is 5.92 Å². The van der Waals surface area contributed by atoms with Crippen molar-refractivity contribution in [3.8, 4) is 0 Å². The van der Waals surface area contributed by atoms with Gasteiger partial charge in [-0.25, -0.2) is 4.98 Å². The first-order chi connectivity index (χ1) is 8.72. The molecule has 2 rings (SSSR count). The quantitative estimate of drug-likeness (QED) is 0.848. The molecule has 0 radical (unpaired) electrons. The highest BCUT2D eigenvalue weighted by Gasteiger charge is 2.25. The Morgan fingerprint density at radius 3 is 2.72 bits per heavy atom. The molecule has 0 aliphatic carbocycles. The van der Waals surface area contributed by atoms with E-state index in [1.54, 1.807) is 6.33 Å². The van der Waals surface area contributed by atoms with Crippen molar-refractivity contribution in [1.29, 1.82) is 0 Å². The van der Waals surface area contributed by atoms with Crippen molar-refractivity contribution in [1.82, 2.24) is 14.5 Å². The molecule has 100 valence electrons. The fourth-order valence-corrected chi connectivity index (χ4v) is 2.48. The minimum absolute atomic E-state index is 0.113. The summed E-state index contributed by atoms with van der Waals surface area (Å²) in [6, 6.07) is 0. The summed E-state index contributed by atoms with van der Waals surface area (Å²) >= 11 is 0. The summed E-state index contributed by atoms with van der Waals surface area (Å²) in [4.78, 5) is 18.4. The van der Waals surface area contributed by atoms with Crippen LogP contribution >= 0.6 is 0 Å². The minimum atomic E-state index is -0.113. The molecule has 5 nitrogen and oxygen atoms in total. The molecular weight excluding hydrogens is 228 g/mol. The molecule has 1 aliphatic heterocycles. The molecule has 1 aliphatic rings. The van der Waals surface area contributed by atoms with Crippen LogP contribution in [0.5, 0.6) is 0 Å². The highest BCUT2D eigenvalue weighted by atomic mass is 16.2. The van der Waals surface area contributed by atoms with E-state index in [-0.39, 0.29) is 11.8 Å². The van der Waals surface area contributed by atoms with Gasteiger partial charge in [0.1, 0.15) is 0 Å². The van der Waals surface area contributed by atoms with Gasteiger partial charge in [-0.1, -0.05) is 0 Å². The lowest BCUT2D eigenvalue weighted by Crippen LogP contribution is -2.42. The van der Waals surface area contributed by atoms with E-state index in [1.807, 2.05) is 22.7 Å². The second-order valence-corrected chi connectivity index (χ2v) is 5.02. The van der Waals surface area contributed by atoms with E-state index < -0.39 is 0 Å². The molecular formula is C13H22N4O. The number of aromatic nitrogens is 2. The number of aryl methyl sites for hydroxylation is 1. The summed E-state index contributed by atoms with van der Waals surface area (Å²) in [5.41, 5.74) is 6.84. The van der Waals surface area contributed by atoms with Gasteiger partial charge in [-0.05, 0) is 19.3 Å². The van der Waals surface area contributed by atoms with Gasteiger partial charge in [-0.15, -0.1) is 0 Å². The van der Waals surface area contributed by atoms with E-state index in [2.05, 4.69) is 4.98 Å². The lowest BCUT2D eigenvalue weighted by Gasteiger charge is -2.30. The molecule has 1 atom stereocenters. The van der Waals surface area contributed by atoms with E-state index in [4.69, 9.17) is 5.73 Å². The summed E-state index contributed by atoms with van der Waals surface area (Å²) in [6.45, 7) is 2.18. The smallest absolute Gasteiger partial charge is 0.227 e. The van der Waals surface area contributed by atoms with Crippen LogP contribution in [0.4, 0.5) is 0 Å². The molecule has 1 saturated heterocycles. The first kappa shape index (κ1) is 13.1. The number of hydrogen-bond donors (Lipinski definition) is 1. The average molecular weight is 250 g/mol.